The highest BCUT2D eigenvalue weighted by molar-refractivity contribution is 5.95. The quantitative estimate of drug-likeness (QED) is 0.545. The first kappa shape index (κ1) is 18.0. The summed E-state index contributed by atoms with van der Waals surface area (Å²) < 4.78 is 2.21. The van der Waals surface area contributed by atoms with Gasteiger partial charge in [-0.2, -0.15) is 0 Å². The number of carbonyl (C=O) groups is 1. The van der Waals surface area contributed by atoms with Crippen molar-refractivity contribution in [2.75, 3.05) is 5.32 Å². The zero-order chi connectivity index (χ0) is 19.5. The molecule has 4 rings (SSSR count). The predicted octanol–water partition coefficient (Wildman–Crippen LogP) is 4.88. The third-order valence-corrected chi connectivity index (χ3v) is 4.78. The van der Waals surface area contributed by atoms with Crippen LogP contribution in [0.5, 0.6) is 0 Å². The van der Waals surface area contributed by atoms with E-state index < -0.39 is 0 Å². The minimum absolute atomic E-state index is 0.0554. The number of fused-ring (bicyclic) bond motifs is 1. The summed E-state index contributed by atoms with van der Waals surface area (Å²) in [6, 6.07) is 22.5. The second kappa shape index (κ2) is 7.69. The molecule has 140 valence electrons. The maximum atomic E-state index is 12.7. The summed E-state index contributed by atoms with van der Waals surface area (Å²) in [6.45, 7) is 4.71. The Balaban J connectivity index is 1.59. The van der Waals surface area contributed by atoms with Crippen molar-refractivity contribution in [3.05, 3.63) is 95.3 Å². The fourth-order valence-corrected chi connectivity index (χ4v) is 3.64. The lowest BCUT2D eigenvalue weighted by molar-refractivity contribution is -0.115. The van der Waals surface area contributed by atoms with Crippen LogP contribution in [-0.2, 0) is 17.8 Å². The second-order valence-electron chi connectivity index (χ2n) is 7.18. The summed E-state index contributed by atoms with van der Waals surface area (Å²) in [5, 5.41) is 4.05. The molecule has 4 heteroatoms. The van der Waals surface area contributed by atoms with Gasteiger partial charge in [-0.05, 0) is 48.7 Å². The van der Waals surface area contributed by atoms with E-state index in [4.69, 9.17) is 0 Å². The summed E-state index contributed by atoms with van der Waals surface area (Å²) in [7, 11) is 0. The van der Waals surface area contributed by atoms with Gasteiger partial charge in [0.2, 0.25) is 5.91 Å². The first-order valence-corrected chi connectivity index (χ1v) is 9.44. The number of nitrogens with zero attached hydrogens (tertiary/aromatic N) is 2. The van der Waals surface area contributed by atoms with Crippen molar-refractivity contribution in [2.24, 2.45) is 0 Å². The lowest BCUT2D eigenvalue weighted by Gasteiger charge is -2.06. The number of rotatable bonds is 5. The van der Waals surface area contributed by atoms with Crippen molar-refractivity contribution in [1.82, 2.24) is 9.55 Å². The molecule has 0 unspecified atom stereocenters. The van der Waals surface area contributed by atoms with Crippen LogP contribution in [0.1, 0.15) is 22.4 Å². The molecule has 2 aromatic carbocycles. The molecule has 2 aromatic heterocycles. The van der Waals surface area contributed by atoms with Gasteiger partial charge in [-0.25, -0.2) is 4.98 Å². The Labute approximate surface area is 164 Å². The summed E-state index contributed by atoms with van der Waals surface area (Å²) in [5.74, 6) is 0.552. The summed E-state index contributed by atoms with van der Waals surface area (Å²) in [5.41, 5.74) is 5.38. The van der Waals surface area contributed by atoms with E-state index in [1.807, 2.05) is 56.3 Å². The Morgan fingerprint density at radius 3 is 2.54 bits per heavy atom. The topological polar surface area (TPSA) is 46.9 Å². The van der Waals surface area contributed by atoms with E-state index in [1.54, 1.807) is 0 Å². The molecule has 0 fully saturated rings. The third-order valence-electron chi connectivity index (χ3n) is 4.78. The number of para-hydroxylation sites is 1. The average molecular weight is 369 g/mol. The van der Waals surface area contributed by atoms with Crippen LogP contribution in [-0.4, -0.2) is 15.5 Å². The summed E-state index contributed by atoms with van der Waals surface area (Å²) in [4.78, 5) is 17.1. The molecular formula is C24H23N3O. The maximum absolute atomic E-state index is 12.7. The summed E-state index contributed by atoms with van der Waals surface area (Å²) in [6.07, 6.45) is 2.41. The highest BCUT2D eigenvalue weighted by Crippen LogP contribution is 2.23. The third kappa shape index (κ3) is 3.96. The number of aromatic nitrogens is 2. The zero-order valence-corrected chi connectivity index (χ0v) is 16.1. The van der Waals surface area contributed by atoms with Crippen molar-refractivity contribution in [3.8, 4) is 0 Å². The number of aryl methyl sites for hydroxylation is 2. The van der Waals surface area contributed by atoms with Crippen LogP contribution in [0.4, 0.5) is 5.82 Å². The summed E-state index contributed by atoms with van der Waals surface area (Å²) >= 11 is 0. The van der Waals surface area contributed by atoms with Crippen molar-refractivity contribution >= 4 is 22.6 Å². The molecule has 0 spiro atoms. The number of hydrogen-bond donors (Lipinski definition) is 1. The second-order valence-corrected chi connectivity index (χ2v) is 7.18. The Hall–Kier alpha value is -3.40. The molecule has 4 aromatic rings. The van der Waals surface area contributed by atoms with Gasteiger partial charge in [0.15, 0.2) is 0 Å². The molecule has 1 N–H and O–H groups in total. The Morgan fingerprint density at radius 2 is 1.75 bits per heavy atom. The lowest BCUT2D eigenvalue weighted by atomic mass is 10.1. The van der Waals surface area contributed by atoms with E-state index in [-0.39, 0.29) is 5.91 Å². The smallest absolute Gasteiger partial charge is 0.230 e. The Kier molecular flexibility index (Phi) is 4.94. The molecule has 2 heterocycles. The molecule has 0 aliphatic rings. The molecule has 1 amide bonds. The van der Waals surface area contributed by atoms with Crippen molar-refractivity contribution in [3.63, 3.8) is 0 Å². The minimum atomic E-state index is -0.0554. The fourth-order valence-electron chi connectivity index (χ4n) is 3.64. The molecule has 0 aliphatic carbocycles. The number of hydrogen-bond acceptors (Lipinski definition) is 2. The number of amides is 1. The maximum Gasteiger partial charge on any atom is 0.230 e. The Morgan fingerprint density at radius 1 is 1.00 bits per heavy atom. The number of nitrogens with one attached hydrogen (secondary N) is 1. The van der Waals surface area contributed by atoms with E-state index in [9.17, 15) is 4.79 Å². The molecule has 0 aliphatic heterocycles. The van der Waals surface area contributed by atoms with Crippen molar-refractivity contribution < 1.29 is 4.79 Å². The van der Waals surface area contributed by atoms with Gasteiger partial charge < -0.3 is 9.88 Å². The van der Waals surface area contributed by atoms with Gasteiger partial charge in [0.25, 0.3) is 0 Å². The van der Waals surface area contributed by atoms with E-state index in [0.717, 1.165) is 34.3 Å². The molecule has 0 atom stereocenters. The van der Waals surface area contributed by atoms with E-state index in [0.29, 0.717) is 12.2 Å². The molecule has 0 radical (unpaired) electrons. The first-order chi connectivity index (χ1) is 13.6. The average Bonchev–Trinajstić information content (AvgIpc) is 2.99. The van der Waals surface area contributed by atoms with E-state index in [2.05, 4.69) is 45.3 Å². The van der Waals surface area contributed by atoms with Crippen LogP contribution in [0.15, 0.2) is 72.9 Å². The molecule has 28 heavy (non-hydrogen) atoms. The minimum Gasteiger partial charge on any atom is -0.343 e. The van der Waals surface area contributed by atoms with E-state index >= 15 is 0 Å². The van der Waals surface area contributed by atoms with Gasteiger partial charge in [-0.15, -0.1) is 0 Å². The fraction of sp³-hybridized carbons (Fsp3) is 0.167. The molecular weight excluding hydrogens is 346 g/mol. The van der Waals surface area contributed by atoms with Gasteiger partial charge in [0, 0.05) is 29.3 Å². The number of pyridine rings is 1. The van der Waals surface area contributed by atoms with Crippen LogP contribution >= 0.6 is 0 Å². The van der Waals surface area contributed by atoms with Crippen molar-refractivity contribution in [1.29, 1.82) is 0 Å². The van der Waals surface area contributed by atoms with Crippen LogP contribution in [0.3, 0.4) is 0 Å². The van der Waals surface area contributed by atoms with E-state index in [1.165, 1.54) is 5.56 Å². The van der Waals surface area contributed by atoms with Gasteiger partial charge >= 0.3 is 0 Å². The predicted molar refractivity (Wildman–Crippen MR) is 114 cm³/mol. The van der Waals surface area contributed by atoms with Crippen LogP contribution in [0, 0.1) is 13.8 Å². The number of carbonyl (C=O) groups excluding carboxylic acids is 1. The normalized spacial score (nSPS) is 10.9. The SMILES string of the molecule is Cc1cc(C)nc(NC(=O)Cc2cn(Cc3ccccc3)c3ccccc23)c1. The molecule has 4 nitrogen and oxygen atoms in total. The lowest BCUT2D eigenvalue weighted by Crippen LogP contribution is -2.15. The largest absolute Gasteiger partial charge is 0.343 e. The molecule has 0 saturated carbocycles. The van der Waals surface area contributed by atoms with Crippen LogP contribution in [0.2, 0.25) is 0 Å². The van der Waals surface area contributed by atoms with Gasteiger partial charge in [0.1, 0.15) is 5.82 Å². The molecule has 0 bridgehead atoms. The Bertz CT molecular complexity index is 1110. The monoisotopic (exact) mass is 369 g/mol. The van der Waals surface area contributed by atoms with Crippen LogP contribution in [0.25, 0.3) is 10.9 Å². The van der Waals surface area contributed by atoms with Gasteiger partial charge in [-0.3, -0.25) is 4.79 Å². The first-order valence-electron chi connectivity index (χ1n) is 9.44. The van der Waals surface area contributed by atoms with Gasteiger partial charge in [-0.1, -0.05) is 48.5 Å². The van der Waals surface area contributed by atoms with Crippen LogP contribution < -0.4 is 5.32 Å². The van der Waals surface area contributed by atoms with Gasteiger partial charge in [0.05, 0.1) is 6.42 Å². The zero-order valence-electron chi connectivity index (χ0n) is 16.1. The molecule has 0 saturated heterocycles. The standard InChI is InChI=1S/C24H23N3O/c1-17-12-18(2)25-23(13-17)26-24(28)14-20-16-27(15-19-8-4-3-5-9-19)22-11-7-6-10-21(20)22/h3-13,16H,14-15H2,1-2H3,(H,25,26,28). The highest BCUT2D eigenvalue weighted by Gasteiger charge is 2.13. The number of anilines is 1. The van der Waals surface area contributed by atoms with Crippen molar-refractivity contribution in [2.45, 2.75) is 26.8 Å². The highest BCUT2D eigenvalue weighted by atomic mass is 16.1. The number of benzene rings is 2.